The molecule has 33 heavy (non-hydrogen) atoms. The lowest BCUT2D eigenvalue weighted by atomic mass is 9.89. The van der Waals surface area contributed by atoms with Crippen molar-refractivity contribution < 1.29 is 32.2 Å². The number of rotatable bonds is 5. The third-order valence-electron chi connectivity index (χ3n) is 6.28. The number of fused-ring (bicyclic) bond motifs is 1. The second kappa shape index (κ2) is 8.72. The second-order valence-corrected chi connectivity index (χ2v) is 8.07. The number of benzene rings is 2. The van der Waals surface area contributed by atoms with Gasteiger partial charge in [-0.05, 0) is 32.1 Å². The van der Waals surface area contributed by atoms with Crippen LogP contribution < -0.4 is 14.9 Å². The molecular formula is C24H24F3NO5. The van der Waals surface area contributed by atoms with Gasteiger partial charge in [0.25, 0.3) is 0 Å². The molecule has 2 atom stereocenters. The van der Waals surface area contributed by atoms with Gasteiger partial charge in [0.15, 0.2) is 5.43 Å². The number of halogens is 3. The van der Waals surface area contributed by atoms with E-state index in [0.29, 0.717) is 23.3 Å². The van der Waals surface area contributed by atoms with Gasteiger partial charge in [0.05, 0.1) is 26.4 Å². The van der Waals surface area contributed by atoms with E-state index in [1.54, 1.807) is 6.07 Å². The summed E-state index contributed by atoms with van der Waals surface area (Å²) in [7, 11) is 4.83. The van der Waals surface area contributed by atoms with Gasteiger partial charge in [-0.2, -0.15) is 13.2 Å². The Morgan fingerprint density at radius 1 is 1.12 bits per heavy atom. The molecule has 4 rings (SSSR count). The maximum atomic E-state index is 13.1. The van der Waals surface area contributed by atoms with Crippen molar-refractivity contribution in [2.24, 2.45) is 0 Å². The number of aliphatic hydroxyl groups is 1. The van der Waals surface area contributed by atoms with Crippen molar-refractivity contribution >= 4 is 11.0 Å². The first-order valence-corrected chi connectivity index (χ1v) is 10.4. The van der Waals surface area contributed by atoms with Crippen LogP contribution in [0.4, 0.5) is 13.2 Å². The van der Waals surface area contributed by atoms with Gasteiger partial charge in [-0.15, -0.1) is 0 Å². The Kier molecular flexibility index (Phi) is 6.11. The highest BCUT2D eigenvalue weighted by molar-refractivity contribution is 5.90. The zero-order valence-corrected chi connectivity index (χ0v) is 18.4. The van der Waals surface area contributed by atoms with Crippen LogP contribution in [0.3, 0.4) is 0 Å². The summed E-state index contributed by atoms with van der Waals surface area (Å²) in [5.74, 6) is 0.662. The predicted octanol–water partition coefficient (Wildman–Crippen LogP) is 4.28. The van der Waals surface area contributed by atoms with Gasteiger partial charge in [-0.1, -0.05) is 12.1 Å². The molecule has 0 saturated carbocycles. The van der Waals surface area contributed by atoms with Crippen LogP contribution in [0, 0.1) is 0 Å². The van der Waals surface area contributed by atoms with E-state index in [-0.39, 0.29) is 46.5 Å². The monoisotopic (exact) mass is 463 g/mol. The average Bonchev–Trinajstić information content (AvgIpc) is 3.16. The highest BCUT2D eigenvalue weighted by atomic mass is 19.4. The van der Waals surface area contributed by atoms with Crippen LogP contribution in [-0.2, 0) is 6.18 Å². The Balaban J connectivity index is 1.97. The summed E-state index contributed by atoms with van der Waals surface area (Å²) in [6.07, 6.45) is -3.77. The fourth-order valence-corrected chi connectivity index (χ4v) is 4.56. The summed E-state index contributed by atoms with van der Waals surface area (Å²) in [5.41, 5.74) is 0.0175. The number of hydrogen-bond donors (Lipinski definition) is 1. The Morgan fingerprint density at radius 3 is 2.36 bits per heavy atom. The molecule has 1 fully saturated rings. The van der Waals surface area contributed by atoms with Crippen molar-refractivity contribution in [1.29, 1.82) is 0 Å². The van der Waals surface area contributed by atoms with Crippen molar-refractivity contribution in [3.63, 3.8) is 0 Å². The first-order valence-electron chi connectivity index (χ1n) is 10.4. The van der Waals surface area contributed by atoms with E-state index in [1.165, 1.54) is 32.4 Å². The van der Waals surface area contributed by atoms with E-state index in [4.69, 9.17) is 13.9 Å². The molecule has 1 aliphatic heterocycles. The van der Waals surface area contributed by atoms with E-state index >= 15 is 0 Å². The molecule has 2 unspecified atom stereocenters. The van der Waals surface area contributed by atoms with Crippen LogP contribution in [-0.4, -0.2) is 50.5 Å². The molecule has 1 saturated heterocycles. The minimum atomic E-state index is -4.47. The lowest BCUT2D eigenvalue weighted by molar-refractivity contribution is -0.137. The Morgan fingerprint density at radius 2 is 1.79 bits per heavy atom. The normalized spacial score (nSPS) is 19.2. The Bertz CT molecular complexity index is 1220. The Hall–Kier alpha value is -3.04. The molecule has 0 amide bonds. The van der Waals surface area contributed by atoms with Crippen LogP contribution in [0.5, 0.6) is 11.5 Å². The number of likely N-dealkylation sites (N-methyl/N-ethyl adjacent to an activating group) is 1. The van der Waals surface area contributed by atoms with Gasteiger partial charge in [-0.3, -0.25) is 4.79 Å². The molecule has 0 aliphatic carbocycles. The first-order chi connectivity index (χ1) is 15.7. The molecule has 2 aromatic carbocycles. The van der Waals surface area contributed by atoms with E-state index in [1.807, 2.05) is 11.9 Å². The summed E-state index contributed by atoms with van der Waals surface area (Å²) in [4.78, 5) is 15.2. The summed E-state index contributed by atoms with van der Waals surface area (Å²) in [5, 5.41) is 10.2. The predicted molar refractivity (Wildman–Crippen MR) is 117 cm³/mol. The molecule has 3 aromatic rings. The van der Waals surface area contributed by atoms with Gasteiger partial charge in [0.1, 0.15) is 28.2 Å². The SMILES string of the molecule is COc1cc(OC)c2c(=O)cc(-c3ccc(C(F)(F)F)cc3)oc2c1C1CCN(C)C1CO. The van der Waals surface area contributed by atoms with E-state index in [9.17, 15) is 23.1 Å². The molecular weight excluding hydrogens is 439 g/mol. The standard InChI is InChI=1S/C24H24F3NO5/c1-28-9-8-15(16(28)12-29)21-19(31-2)11-20(32-3)22-17(30)10-18(33-23(21)22)13-4-6-14(7-5-13)24(25,26)27/h4-7,10-11,15-16,29H,8-9,12H2,1-3H3. The van der Waals surface area contributed by atoms with Crippen LogP contribution in [0.2, 0.25) is 0 Å². The van der Waals surface area contributed by atoms with Crippen molar-refractivity contribution in [3.8, 4) is 22.8 Å². The summed E-state index contributed by atoms with van der Waals surface area (Å²) in [6.45, 7) is 0.635. The zero-order valence-electron chi connectivity index (χ0n) is 18.4. The number of methoxy groups -OCH3 is 2. The third-order valence-corrected chi connectivity index (χ3v) is 6.28. The molecule has 9 heteroatoms. The minimum absolute atomic E-state index is 0.0966. The number of alkyl halides is 3. The van der Waals surface area contributed by atoms with E-state index in [2.05, 4.69) is 0 Å². The maximum absolute atomic E-state index is 13.1. The number of ether oxygens (including phenoxy) is 2. The Labute approximate surface area is 188 Å². The third kappa shape index (κ3) is 4.06. The number of nitrogens with zero attached hydrogens (tertiary/aromatic N) is 1. The molecule has 0 bridgehead atoms. The molecule has 0 spiro atoms. The first kappa shape index (κ1) is 23.1. The number of hydrogen-bond acceptors (Lipinski definition) is 6. The van der Waals surface area contributed by atoms with Gasteiger partial charge in [0.2, 0.25) is 0 Å². The highest BCUT2D eigenvalue weighted by Gasteiger charge is 2.37. The fourth-order valence-electron chi connectivity index (χ4n) is 4.56. The summed E-state index contributed by atoms with van der Waals surface area (Å²) < 4.78 is 56.1. The van der Waals surface area contributed by atoms with E-state index < -0.39 is 11.7 Å². The van der Waals surface area contributed by atoms with Crippen molar-refractivity contribution in [2.45, 2.75) is 24.6 Å². The molecule has 6 nitrogen and oxygen atoms in total. The van der Waals surface area contributed by atoms with Crippen molar-refractivity contribution in [1.82, 2.24) is 4.90 Å². The molecule has 0 radical (unpaired) electrons. The van der Waals surface area contributed by atoms with Gasteiger partial charge in [0, 0.05) is 35.2 Å². The van der Waals surface area contributed by atoms with Crippen LogP contribution >= 0.6 is 0 Å². The smallest absolute Gasteiger partial charge is 0.416 e. The topological polar surface area (TPSA) is 72.1 Å². The van der Waals surface area contributed by atoms with Crippen molar-refractivity contribution in [3.05, 3.63) is 57.7 Å². The summed E-state index contributed by atoms with van der Waals surface area (Å²) >= 11 is 0. The molecule has 2 heterocycles. The molecule has 1 aromatic heterocycles. The van der Waals surface area contributed by atoms with Gasteiger partial charge >= 0.3 is 6.18 Å². The van der Waals surface area contributed by atoms with Crippen molar-refractivity contribution in [2.75, 3.05) is 34.4 Å². The van der Waals surface area contributed by atoms with Gasteiger partial charge in [-0.25, -0.2) is 0 Å². The highest BCUT2D eigenvalue weighted by Crippen LogP contribution is 2.45. The quantitative estimate of drug-likeness (QED) is 0.609. The molecule has 1 N–H and O–H groups in total. The second-order valence-electron chi connectivity index (χ2n) is 8.07. The van der Waals surface area contributed by atoms with Crippen LogP contribution in [0.1, 0.15) is 23.5 Å². The van der Waals surface area contributed by atoms with E-state index in [0.717, 1.165) is 18.7 Å². The zero-order chi connectivity index (χ0) is 23.9. The van der Waals surface area contributed by atoms with Crippen LogP contribution in [0.25, 0.3) is 22.3 Å². The number of likely N-dealkylation sites (tertiary alicyclic amines) is 1. The summed E-state index contributed by atoms with van der Waals surface area (Å²) in [6, 6.07) is 7.08. The fraction of sp³-hybridized carbons (Fsp3) is 0.375. The molecule has 1 aliphatic rings. The van der Waals surface area contributed by atoms with Crippen LogP contribution in [0.15, 0.2) is 45.6 Å². The molecule has 176 valence electrons. The average molecular weight is 463 g/mol. The number of aliphatic hydroxyl groups excluding tert-OH is 1. The van der Waals surface area contributed by atoms with Gasteiger partial charge < -0.3 is 23.9 Å². The maximum Gasteiger partial charge on any atom is 0.416 e. The lowest BCUT2D eigenvalue weighted by Crippen LogP contribution is -2.32. The minimum Gasteiger partial charge on any atom is -0.496 e. The lowest BCUT2D eigenvalue weighted by Gasteiger charge is -2.25. The largest absolute Gasteiger partial charge is 0.496 e.